The second-order valence-electron chi connectivity index (χ2n) is 4.19. The molecule has 0 bridgehead atoms. The molecule has 2 aromatic heterocycles. The normalized spacial score (nSPS) is 12.5. The second-order valence-corrected chi connectivity index (χ2v) is 5.23. The molecule has 1 atom stereocenters. The summed E-state index contributed by atoms with van der Waals surface area (Å²) in [6.45, 7) is 0. The highest BCUT2D eigenvalue weighted by Crippen LogP contribution is 2.19. The van der Waals surface area contributed by atoms with Gasteiger partial charge in [0.15, 0.2) is 5.82 Å². The van der Waals surface area contributed by atoms with E-state index in [0.29, 0.717) is 18.1 Å². The van der Waals surface area contributed by atoms with Gasteiger partial charge in [-0.3, -0.25) is 0 Å². The molecule has 0 spiro atoms. The third-order valence-corrected chi connectivity index (χ3v) is 3.70. The van der Waals surface area contributed by atoms with Crippen LogP contribution in [-0.2, 0) is 6.42 Å². The highest BCUT2D eigenvalue weighted by atomic mass is 32.1. The smallest absolute Gasteiger partial charge is 0.248 e. The van der Waals surface area contributed by atoms with Gasteiger partial charge in [-0.1, -0.05) is 41.6 Å². The van der Waals surface area contributed by atoms with Crippen molar-refractivity contribution in [1.29, 1.82) is 0 Å². The molecule has 2 N–H and O–H groups in total. The van der Waals surface area contributed by atoms with Gasteiger partial charge in [0.25, 0.3) is 0 Å². The van der Waals surface area contributed by atoms with Gasteiger partial charge in [-0.25, -0.2) is 0 Å². The molecule has 0 aliphatic carbocycles. The van der Waals surface area contributed by atoms with E-state index in [-0.39, 0.29) is 6.04 Å². The summed E-state index contributed by atoms with van der Waals surface area (Å²) in [5, 5.41) is 6.01. The monoisotopic (exact) mass is 271 g/mol. The van der Waals surface area contributed by atoms with E-state index in [4.69, 9.17) is 10.3 Å². The van der Waals surface area contributed by atoms with Crippen LogP contribution in [0.3, 0.4) is 0 Å². The molecule has 0 fully saturated rings. The molecule has 3 aromatic rings. The maximum Gasteiger partial charge on any atom is 0.248 e. The van der Waals surface area contributed by atoms with E-state index in [2.05, 4.69) is 16.2 Å². The lowest BCUT2D eigenvalue weighted by atomic mass is 10.1. The van der Waals surface area contributed by atoms with E-state index in [9.17, 15) is 0 Å². The molecule has 96 valence electrons. The average Bonchev–Trinajstić information content (AvgIpc) is 3.11. The van der Waals surface area contributed by atoms with Crippen molar-refractivity contribution in [3.63, 3.8) is 0 Å². The third kappa shape index (κ3) is 2.72. The lowest BCUT2D eigenvalue weighted by Crippen LogP contribution is -2.12. The van der Waals surface area contributed by atoms with Gasteiger partial charge in [-0.15, -0.1) is 11.3 Å². The van der Waals surface area contributed by atoms with Crippen molar-refractivity contribution in [2.75, 3.05) is 0 Å². The van der Waals surface area contributed by atoms with Crippen molar-refractivity contribution in [3.8, 4) is 0 Å². The minimum Gasteiger partial charge on any atom is -0.337 e. The molecule has 0 unspecified atom stereocenters. The minimum atomic E-state index is -0.370. The fourth-order valence-corrected chi connectivity index (χ4v) is 2.54. The van der Waals surface area contributed by atoms with Gasteiger partial charge in [0.05, 0.1) is 0 Å². The third-order valence-electron chi connectivity index (χ3n) is 2.82. The average molecular weight is 271 g/mol. The molecule has 0 radical (unpaired) electrons. The van der Waals surface area contributed by atoms with Crippen molar-refractivity contribution in [3.05, 3.63) is 70.0 Å². The lowest BCUT2D eigenvalue weighted by Gasteiger charge is -2.05. The Morgan fingerprint density at radius 1 is 1.16 bits per heavy atom. The summed E-state index contributed by atoms with van der Waals surface area (Å²) in [4.78, 5) is 5.57. The molecule has 19 heavy (non-hydrogen) atoms. The Hall–Kier alpha value is -1.98. The van der Waals surface area contributed by atoms with Crippen molar-refractivity contribution in [2.45, 2.75) is 12.5 Å². The van der Waals surface area contributed by atoms with Gasteiger partial charge in [0, 0.05) is 11.3 Å². The number of thiophene rings is 1. The number of hydrogen-bond acceptors (Lipinski definition) is 5. The minimum absolute atomic E-state index is 0.370. The first-order valence-corrected chi connectivity index (χ1v) is 6.86. The van der Waals surface area contributed by atoms with Gasteiger partial charge in [-0.2, -0.15) is 4.98 Å². The SMILES string of the molecule is N[C@@H](c1ccccc1)c1nc(Cc2cccs2)no1. The summed E-state index contributed by atoms with van der Waals surface area (Å²) < 4.78 is 5.25. The number of nitrogens with two attached hydrogens (primary N) is 1. The van der Waals surface area contributed by atoms with Crippen LogP contribution in [0.2, 0.25) is 0 Å². The van der Waals surface area contributed by atoms with Crippen LogP contribution >= 0.6 is 11.3 Å². The summed E-state index contributed by atoms with van der Waals surface area (Å²) >= 11 is 1.68. The summed E-state index contributed by atoms with van der Waals surface area (Å²) in [5.74, 6) is 1.13. The van der Waals surface area contributed by atoms with E-state index in [1.807, 2.05) is 41.8 Å². The Morgan fingerprint density at radius 3 is 2.74 bits per heavy atom. The molecular weight excluding hydrogens is 258 g/mol. The van der Waals surface area contributed by atoms with Gasteiger partial charge < -0.3 is 10.3 Å². The zero-order chi connectivity index (χ0) is 13.1. The van der Waals surface area contributed by atoms with Gasteiger partial charge in [0.2, 0.25) is 5.89 Å². The number of aromatic nitrogens is 2. The zero-order valence-electron chi connectivity index (χ0n) is 10.2. The molecule has 0 aliphatic heterocycles. The topological polar surface area (TPSA) is 64.9 Å². The van der Waals surface area contributed by atoms with Crippen LogP contribution in [-0.4, -0.2) is 10.1 Å². The maximum atomic E-state index is 6.11. The molecule has 4 nitrogen and oxygen atoms in total. The summed E-state index contributed by atoms with van der Waals surface area (Å²) in [7, 11) is 0. The Kier molecular flexibility index (Phi) is 3.39. The van der Waals surface area contributed by atoms with E-state index < -0.39 is 0 Å². The molecule has 0 aliphatic rings. The van der Waals surface area contributed by atoms with Crippen LogP contribution in [0.25, 0.3) is 0 Å². The summed E-state index contributed by atoms with van der Waals surface area (Å²) in [6.07, 6.45) is 0.683. The van der Waals surface area contributed by atoms with Crippen LogP contribution in [0, 0.1) is 0 Å². The molecule has 0 saturated heterocycles. The number of hydrogen-bond donors (Lipinski definition) is 1. The van der Waals surface area contributed by atoms with Crippen LogP contribution in [0.15, 0.2) is 52.4 Å². The van der Waals surface area contributed by atoms with Crippen molar-refractivity contribution in [2.24, 2.45) is 5.73 Å². The number of rotatable bonds is 4. The van der Waals surface area contributed by atoms with Gasteiger partial charge >= 0.3 is 0 Å². The first kappa shape index (κ1) is 12.1. The Balaban J connectivity index is 1.78. The molecule has 0 amide bonds. The maximum absolute atomic E-state index is 6.11. The Labute approximate surface area is 114 Å². The fourth-order valence-electron chi connectivity index (χ4n) is 1.84. The highest BCUT2D eigenvalue weighted by molar-refractivity contribution is 7.09. The van der Waals surface area contributed by atoms with E-state index >= 15 is 0 Å². The molecular formula is C14H13N3OS. The van der Waals surface area contributed by atoms with E-state index in [1.165, 1.54) is 4.88 Å². The molecule has 1 aromatic carbocycles. The summed E-state index contributed by atoms with van der Waals surface area (Å²) in [6, 6.07) is 13.4. The molecule has 2 heterocycles. The molecule has 3 rings (SSSR count). The summed E-state index contributed by atoms with van der Waals surface area (Å²) in [5.41, 5.74) is 7.08. The molecule has 5 heteroatoms. The lowest BCUT2D eigenvalue weighted by molar-refractivity contribution is 0.363. The quantitative estimate of drug-likeness (QED) is 0.792. The van der Waals surface area contributed by atoms with Crippen molar-refractivity contribution < 1.29 is 4.52 Å². The first-order chi connectivity index (χ1) is 9.33. The number of nitrogens with zero attached hydrogens (tertiary/aromatic N) is 2. The van der Waals surface area contributed by atoms with Crippen molar-refractivity contribution >= 4 is 11.3 Å². The molecule has 0 saturated carbocycles. The number of benzene rings is 1. The first-order valence-electron chi connectivity index (χ1n) is 5.98. The van der Waals surface area contributed by atoms with Crippen LogP contribution in [0.5, 0.6) is 0 Å². The van der Waals surface area contributed by atoms with Gasteiger partial charge in [-0.05, 0) is 17.0 Å². The fraction of sp³-hybridized carbons (Fsp3) is 0.143. The van der Waals surface area contributed by atoms with E-state index in [0.717, 1.165) is 5.56 Å². The van der Waals surface area contributed by atoms with E-state index in [1.54, 1.807) is 11.3 Å². The standard InChI is InChI=1S/C14H13N3OS/c15-13(10-5-2-1-3-6-10)14-16-12(17-18-14)9-11-7-4-8-19-11/h1-8,13H,9,15H2/t13-/m0/s1. The predicted molar refractivity (Wildman–Crippen MR) is 73.9 cm³/mol. The second kappa shape index (κ2) is 5.34. The van der Waals surface area contributed by atoms with Crippen LogP contribution in [0.1, 0.15) is 28.2 Å². The van der Waals surface area contributed by atoms with Crippen molar-refractivity contribution in [1.82, 2.24) is 10.1 Å². The Bertz CT molecular complexity index is 634. The van der Waals surface area contributed by atoms with Crippen LogP contribution in [0.4, 0.5) is 0 Å². The van der Waals surface area contributed by atoms with Gasteiger partial charge in [0.1, 0.15) is 6.04 Å². The van der Waals surface area contributed by atoms with Crippen LogP contribution < -0.4 is 5.73 Å². The largest absolute Gasteiger partial charge is 0.337 e. The predicted octanol–water partition coefficient (Wildman–Crippen LogP) is 2.77. The zero-order valence-corrected chi connectivity index (χ0v) is 11.0. The Morgan fingerprint density at radius 2 is 2.00 bits per heavy atom. The highest BCUT2D eigenvalue weighted by Gasteiger charge is 2.16.